The highest BCUT2D eigenvalue weighted by atomic mass is 79.9. The summed E-state index contributed by atoms with van der Waals surface area (Å²) in [6.45, 7) is 5.84. The van der Waals surface area contributed by atoms with Crippen LogP contribution in [-0.2, 0) is 0 Å². The molecule has 0 aliphatic heterocycles. The normalized spacial score (nSPS) is 10.6. The predicted octanol–water partition coefficient (Wildman–Crippen LogP) is 4.74. The van der Waals surface area contributed by atoms with Crippen molar-refractivity contribution in [2.45, 2.75) is 20.8 Å². The zero-order chi connectivity index (χ0) is 14.2. The van der Waals surface area contributed by atoms with Crippen molar-refractivity contribution >= 4 is 21.7 Å². The summed E-state index contributed by atoms with van der Waals surface area (Å²) in [6, 6.07) is 8.10. The van der Waals surface area contributed by atoms with Crippen molar-refractivity contribution in [1.29, 1.82) is 0 Å². The van der Waals surface area contributed by atoms with Gasteiger partial charge in [0.1, 0.15) is 5.82 Å². The zero-order valence-electron chi connectivity index (χ0n) is 11.1. The van der Waals surface area contributed by atoms with Crippen LogP contribution in [0, 0.1) is 26.6 Å². The van der Waals surface area contributed by atoms with E-state index in [1.54, 1.807) is 0 Å². The first kappa shape index (κ1) is 13.9. The second-order valence-corrected chi connectivity index (χ2v) is 5.58. The lowest BCUT2D eigenvalue weighted by Crippen LogP contribution is -2.07. The molecule has 0 N–H and O–H groups in total. The summed E-state index contributed by atoms with van der Waals surface area (Å²) in [5.74, 6) is -0.442. The minimum Gasteiger partial charge on any atom is -0.289 e. The number of aryl methyl sites for hydroxylation is 3. The van der Waals surface area contributed by atoms with Crippen LogP contribution < -0.4 is 0 Å². The molecule has 3 heteroatoms. The molecular weight excluding hydrogens is 307 g/mol. The SMILES string of the molecule is Cc1cc(C)c(C(=O)c2ccc(F)cc2Br)c(C)c1. The lowest BCUT2D eigenvalue weighted by Gasteiger charge is -2.11. The van der Waals surface area contributed by atoms with Gasteiger partial charge >= 0.3 is 0 Å². The maximum Gasteiger partial charge on any atom is 0.194 e. The number of hydrogen-bond acceptors (Lipinski definition) is 1. The Balaban J connectivity index is 2.56. The number of rotatable bonds is 2. The first-order valence-corrected chi connectivity index (χ1v) is 6.77. The molecule has 0 radical (unpaired) electrons. The molecular formula is C16H14BrFO. The van der Waals surface area contributed by atoms with Crippen molar-refractivity contribution in [2.24, 2.45) is 0 Å². The van der Waals surface area contributed by atoms with Gasteiger partial charge in [-0.25, -0.2) is 4.39 Å². The third-order valence-corrected chi connectivity index (χ3v) is 3.74. The molecule has 2 rings (SSSR count). The average molecular weight is 321 g/mol. The first-order valence-electron chi connectivity index (χ1n) is 5.97. The van der Waals surface area contributed by atoms with Crippen LogP contribution in [0.3, 0.4) is 0 Å². The zero-order valence-corrected chi connectivity index (χ0v) is 12.6. The molecule has 0 aliphatic carbocycles. The van der Waals surface area contributed by atoms with Gasteiger partial charge in [0.05, 0.1) is 0 Å². The summed E-state index contributed by atoms with van der Waals surface area (Å²) in [7, 11) is 0. The highest BCUT2D eigenvalue weighted by Gasteiger charge is 2.17. The van der Waals surface area contributed by atoms with Crippen molar-refractivity contribution in [3.8, 4) is 0 Å². The molecule has 0 aromatic heterocycles. The van der Waals surface area contributed by atoms with E-state index in [2.05, 4.69) is 15.9 Å². The van der Waals surface area contributed by atoms with Gasteiger partial charge in [-0.05, 0) is 66.0 Å². The quantitative estimate of drug-likeness (QED) is 0.730. The number of carbonyl (C=O) groups excluding carboxylic acids is 1. The summed E-state index contributed by atoms with van der Waals surface area (Å²) in [5.41, 5.74) is 4.19. The van der Waals surface area contributed by atoms with Gasteiger partial charge in [-0.1, -0.05) is 17.7 Å². The van der Waals surface area contributed by atoms with E-state index in [0.29, 0.717) is 15.6 Å². The first-order chi connectivity index (χ1) is 8.90. The minimum absolute atomic E-state index is 0.0816. The summed E-state index contributed by atoms with van der Waals surface area (Å²) in [6.07, 6.45) is 0. The highest BCUT2D eigenvalue weighted by Crippen LogP contribution is 2.25. The molecule has 0 bridgehead atoms. The van der Waals surface area contributed by atoms with Gasteiger partial charge in [-0.2, -0.15) is 0 Å². The lowest BCUT2D eigenvalue weighted by molar-refractivity contribution is 0.103. The minimum atomic E-state index is -0.360. The number of halogens is 2. The Bertz CT molecular complexity index is 639. The molecule has 0 amide bonds. The molecule has 0 atom stereocenters. The Hall–Kier alpha value is -1.48. The van der Waals surface area contributed by atoms with Crippen molar-refractivity contribution < 1.29 is 9.18 Å². The van der Waals surface area contributed by atoms with Gasteiger partial charge < -0.3 is 0 Å². The van der Waals surface area contributed by atoms with E-state index < -0.39 is 0 Å². The molecule has 0 saturated heterocycles. The molecule has 2 aromatic carbocycles. The molecule has 19 heavy (non-hydrogen) atoms. The Kier molecular flexibility index (Phi) is 3.85. The molecule has 1 nitrogen and oxygen atoms in total. The molecule has 2 aromatic rings. The molecule has 0 spiro atoms. The van der Waals surface area contributed by atoms with E-state index in [9.17, 15) is 9.18 Å². The molecule has 0 heterocycles. The number of hydrogen-bond donors (Lipinski definition) is 0. The fourth-order valence-electron chi connectivity index (χ4n) is 2.35. The monoisotopic (exact) mass is 320 g/mol. The third-order valence-electron chi connectivity index (χ3n) is 3.08. The predicted molar refractivity (Wildman–Crippen MR) is 78.2 cm³/mol. The van der Waals surface area contributed by atoms with Crippen LogP contribution in [0.25, 0.3) is 0 Å². The third kappa shape index (κ3) is 2.76. The van der Waals surface area contributed by atoms with Crippen LogP contribution in [0.5, 0.6) is 0 Å². The molecule has 98 valence electrons. The fraction of sp³-hybridized carbons (Fsp3) is 0.188. The highest BCUT2D eigenvalue weighted by molar-refractivity contribution is 9.10. The number of carbonyl (C=O) groups is 1. The van der Waals surface area contributed by atoms with Gasteiger partial charge in [-0.15, -0.1) is 0 Å². The largest absolute Gasteiger partial charge is 0.289 e. The number of ketones is 1. The van der Waals surface area contributed by atoms with Crippen molar-refractivity contribution in [3.63, 3.8) is 0 Å². The van der Waals surface area contributed by atoms with E-state index in [1.807, 2.05) is 32.9 Å². The van der Waals surface area contributed by atoms with Gasteiger partial charge in [0.15, 0.2) is 5.78 Å². The van der Waals surface area contributed by atoms with Crippen LogP contribution >= 0.6 is 15.9 Å². The van der Waals surface area contributed by atoms with Crippen molar-refractivity contribution in [1.82, 2.24) is 0 Å². The van der Waals surface area contributed by atoms with E-state index in [4.69, 9.17) is 0 Å². The van der Waals surface area contributed by atoms with E-state index in [1.165, 1.54) is 18.2 Å². The summed E-state index contributed by atoms with van der Waals surface area (Å²) in [4.78, 5) is 12.6. The topological polar surface area (TPSA) is 17.1 Å². The van der Waals surface area contributed by atoms with E-state index in [0.717, 1.165) is 16.7 Å². The van der Waals surface area contributed by atoms with Crippen LogP contribution in [-0.4, -0.2) is 5.78 Å². The molecule has 0 fully saturated rings. The van der Waals surface area contributed by atoms with Crippen molar-refractivity contribution in [2.75, 3.05) is 0 Å². The molecule has 0 aliphatic rings. The maximum absolute atomic E-state index is 13.1. The second-order valence-electron chi connectivity index (χ2n) is 4.73. The van der Waals surface area contributed by atoms with Crippen molar-refractivity contribution in [3.05, 3.63) is 68.4 Å². The standard InChI is InChI=1S/C16H14BrFO/c1-9-6-10(2)15(11(3)7-9)16(19)13-5-4-12(18)8-14(13)17/h4-8H,1-3H3. The Labute approximate surface area is 120 Å². The summed E-state index contributed by atoms with van der Waals surface area (Å²) in [5, 5.41) is 0. The van der Waals surface area contributed by atoms with Gasteiger partial charge in [0.2, 0.25) is 0 Å². The lowest BCUT2D eigenvalue weighted by atomic mass is 9.93. The van der Waals surface area contributed by atoms with Crippen LogP contribution in [0.4, 0.5) is 4.39 Å². The second kappa shape index (κ2) is 5.25. The maximum atomic E-state index is 13.1. The smallest absolute Gasteiger partial charge is 0.194 e. The van der Waals surface area contributed by atoms with Gasteiger partial charge in [-0.3, -0.25) is 4.79 Å². The fourth-order valence-corrected chi connectivity index (χ4v) is 2.88. The summed E-state index contributed by atoms with van der Waals surface area (Å²) < 4.78 is 13.6. The number of benzene rings is 2. The average Bonchev–Trinajstić information content (AvgIpc) is 2.26. The summed E-state index contributed by atoms with van der Waals surface area (Å²) >= 11 is 3.25. The van der Waals surface area contributed by atoms with Gasteiger partial charge in [0.25, 0.3) is 0 Å². The Morgan fingerprint density at radius 2 is 1.63 bits per heavy atom. The Morgan fingerprint density at radius 3 is 2.16 bits per heavy atom. The molecule has 0 saturated carbocycles. The van der Waals surface area contributed by atoms with E-state index >= 15 is 0 Å². The van der Waals surface area contributed by atoms with Crippen LogP contribution in [0.15, 0.2) is 34.8 Å². The van der Waals surface area contributed by atoms with Crippen LogP contribution in [0.2, 0.25) is 0 Å². The van der Waals surface area contributed by atoms with E-state index in [-0.39, 0.29) is 11.6 Å². The van der Waals surface area contributed by atoms with Gasteiger partial charge in [0, 0.05) is 15.6 Å². The van der Waals surface area contributed by atoms with Crippen LogP contribution in [0.1, 0.15) is 32.6 Å². The Morgan fingerprint density at radius 1 is 1.05 bits per heavy atom. The molecule has 0 unspecified atom stereocenters.